The van der Waals surface area contributed by atoms with Crippen LogP contribution in [0.1, 0.15) is 27.6 Å². The first-order chi connectivity index (χ1) is 16.1. The number of aromatic nitrogens is 2. The Kier molecular flexibility index (Phi) is 7.22. The van der Waals surface area contributed by atoms with Crippen LogP contribution in [0.3, 0.4) is 0 Å². The zero-order chi connectivity index (χ0) is 23.2. The van der Waals surface area contributed by atoms with Crippen molar-refractivity contribution >= 4 is 28.6 Å². The van der Waals surface area contributed by atoms with Crippen molar-refractivity contribution in [2.45, 2.75) is 24.2 Å². The Morgan fingerprint density at radius 3 is 2.45 bits per heavy atom. The summed E-state index contributed by atoms with van der Waals surface area (Å²) in [6.07, 6.45) is -0.0315. The van der Waals surface area contributed by atoms with Crippen molar-refractivity contribution in [2.75, 3.05) is 12.9 Å². The maximum absolute atomic E-state index is 13.4. The van der Waals surface area contributed by atoms with E-state index in [1.807, 2.05) is 60.7 Å². The molecule has 1 heterocycles. The van der Waals surface area contributed by atoms with Crippen LogP contribution in [-0.2, 0) is 17.7 Å². The molecule has 0 aliphatic heterocycles. The molecule has 0 spiro atoms. The molecule has 0 saturated heterocycles. The van der Waals surface area contributed by atoms with E-state index in [0.717, 1.165) is 11.1 Å². The number of ether oxygens (including phenoxy) is 1. The Morgan fingerprint density at radius 2 is 1.76 bits per heavy atom. The number of aliphatic hydroxyl groups is 1. The number of esters is 1. The Balaban J connectivity index is 1.69. The number of hydrogen-bond donors (Lipinski definition) is 1. The van der Waals surface area contributed by atoms with Gasteiger partial charge in [-0.3, -0.25) is 9.36 Å². The van der Waals surface area contributed by atoms with Crippen LogP contribution in [0.4, 0.5) is 0 Å². The number of rotatable bonds is 8. The Hall–Kier alpha value is -3.42. The lowest BCUT2D eigenvalue weighted by atomic mass is 10.1. The SMILES string of the molecule is COC(=O)c1ccc2c(=O)n(CCc3ccccc3)c(SC[C@@H](O)c3ccccc3)nc2c1. The van der Waals surface area contributed by atoms with E-state index in [9.17, 15) is 14.7 Å². The lowest BCUT2D eigenvalue weighted by Gasteiger charge is -2.15. The summed E-state index contributed by atoms with van der Waals surface area (Å²) in [4.78, 5) is 30.0. The molecule has 1 atom stereocenters. The number of hydrogen-bond acceptors (Lipinski definition) is 6. The zero-order valence-corrected chi connectivity index (χ0v) is 19.0. The smallest absolute Gasteiger partial charge is 0.337 e. The van der Waals surface area contributed by atoms with Crippen molar-refractivity contribution in [3.63, 3.8) is 0 Å². The third-order valence-electron chi connectivity index (χ3n) is 5.36. The third-order valence-corrected chi connectivity index (χ3v) is 6.42. The van der Waals surface area contributed by atoms with Crippen molar-refractivity contribution in [3.8, 4) is 0 Å². The highest BCUT2D eigenvalue weighted by atomic mass is 32.2. The molecule has 0 amide bonds. The van der Waals surface area contributed by atoms with Crippen LogP contribution in [0.25, 0.3) is 10.9 Å². The maximum atomic E-state index is 13.4. The van der Waals surface area contributed by atoms with Crippen LogP contribution < -0.4 is 5.56 Å². The molecule has 168 valence electrons. The van der Waals surface area contributed by atoms with E-state index in [1.54, 1.807) is 22.8 Å². The second-order valence-electron chi connectivity index (χ2n) is 7.55. The van der Waals surface area contributed by atoms with E-state index in [4.69, 9.17) is 9.72 Å². The van der Waals surface area contributed by atoms with Gasteiger partial charge in [0.25, 0.3) is 5.56 Å². The van der Waals surface area contributed by atoms with Gasteiger partial charge in [-0.25, -0.2) is 9.78 Å². The van der Waals surface area contributed by atoms with Crippen molar-refractivity contribution in [2.24, 2.45) is 0 Å². The second kappa shape index (κ2) is 10.5. The quantitative estimate of drug-likeness (QED) is 0.241. The highest BCUT2D eigenvalue weighted by Crippen LogP contribution is 2.25. The standard InChI is InChI=1S/C26H24N2O4S/c1-32-25(31)20-12-13-21-22(16-20)27-26(33-17-23(29)19-10-6-3-7-11-19)28(24(21)30)15-14-18-8-4-2-5-9-18/h2-13,16,23,29H,14-15,17H2,1H3/t23-/m1/s1. The highest BCUT2D eigenvalue weighted by Gasteiger charge is 2.16. The molecule has 4 rings (SSSR count). The number of thioether (sulfide) groups is 1. The molecule has 7 heteroatoms. The van der Waals surface area contributed by atoms with Crippen LogP contribution in [-0.4, -0.2) is 33.5 Å². The molecular formula is C26H24N2O4S. The first kappa shape index (κ1) is 22.8. The summed E-state index contributed by atoms with van der Waals surface area (Å²) in [5.74, 6) is -0.148. The number of aliphatic hydroxyl groups excluding tert-OH is 1. The molecule has 0 bridgehead atoms. The first-order valence-electron chi connectivity index (χ1n) is 10.6. The number of nitrogens with zero attached hydrogens (tertiary/aromatic N) is 2. The minimum absolute atomic E-state index is 0.177. The molecule has 1 aromatic heterocycles. The summed E-state index contributed by atoms with van der Waals surface area (Å²) in [5, 5.41) is 11.5. The fourth-order valence-corrected chi connectivity index (χ4v) is 4.56. The van der Waals surface area contributed by atoms with Crippen molar-refractivity contribution < 1.29 is 14.6 Å². The molecule has 3 aromatic carbocycles. The van der Waals surface area contributed by atoms with E-state index >= 15 is 0 Å². The number of carbonyl (C=O) groups is 1. The minimum atomic E-state index is -0.701. The molecule has 6 nitrogen and oxygen atoms in total. The molecule has 1 N–H and O–H groups in total. The lowest BCUT2D eigenvalue weighted by molar-refractivity contribution is 0.0601. The zero-order valence-electron chi connectivity index (χ0n) is 18.2. The molecule has 0 fully saturated rings. The summed E-state index contributed by atoms with van der Waals surface area (Å²) < 4.78 is 6.44. The number of methoxy groups -OCH3 is 1. The van der Waals surface area contributed by atoms with E-state index in [2.05, 4.69) is 0 Å². The molecule has 0 aliphatic carbocycles. The Labute approximate surface area is 195 Å². The van der Waals surface area contributed by atoms with Gasteiger partial charge in [-0.2, -0.15) is 0 Å². The summed E-state index contributed by atoms with van der Waals surface area (Å²) in [5.41, 5.74) is 2.50. The summed E-state index contributed by atoms with van der Waals surface area (Å²) >= 11 is 1.32. The maximum Gasteiger partial charge on any atom is 0.337 e. The van der Waals surface area contributed by atoms with Crippen LogP contribution in [0.15, 0.2) is 88.8 Å². The Bertz CT molecular complexity index is 1310. The molecular weight excluding hydrogens is 436 g/mol. The van der Waals surface area contributed by atoms with Crippen LogP contribution >= 0.6 is 11.8 Å². The fraction of sp³-hybridized carbons (Fsp3) is 0.192. The topological polar surface area (TPSA) is 81.4 Å². The van der Waals surface area contributed by atoms with Crippen LogP contribution in [0.2, 0.25) is 0 Å². The molecule has 0 radical (unpaired) electrons. The minimum Gasteiger partial charge on any atom is -0.465 e. The summed E-state index contributed by atoms with van der Waals surface area (Å²) in [6.45, 7) is 0.453. The Morgan fingerprint density at radius 1 is 1.06 bits per heavy atom. The average molecular weight is 461 g/mol. The molecule has 33 heavy (non-hydrogen) atoms. The number of carbonyl (C=O) groups excluding carboxylic acids is 1. The van der Waals surface area contributed by atoms with Gasteiger partial charge in [0.1, 0.15) is 0 Å². The van der Waals surface area contributed by atoms with Gasteiger partial charge >= 0.3 is 5.97 Å². The first-order valence-corrected chi connectivity index (χ1v) is 11.6. The largest absolute Gasteiger partial charge is 0.465 e. The number of fused-ring (bicyclic) bond motifs is 1. The second-order valence-corrected chi connectivity index (χ2v) is 8.53. The predicted molar refractivity (Wildman–Crippen MR) is 130 cm³/mol. The van der Waals surface area contributed by atoms with E-state index in [1.165, 1.54) is 18.9 Å². The van der Waals surface area contributed by atoms with E-state index in [-0.39, 0.29) is 5.56 Å². The van der Waals surface area contributed by atoms with Gasteiger partial charge in [0.2, 0.25) is 0 Å². The summed E-state index contributed by atoms with van der Waals surface area (Å²) in [6, 6.07) is 24.1. The molecule has 0 saturated carbocycles. The molecule has 0 unspecified atom stereocenters. The van der Waals surface area contributed by atoms with Crippen molar-refractivity contribution in [1.29, 1.82) is 0 Å². The molecule has 4 aromatic rings. The average Bonchev–Trinajstić information content (AvgIpc) is 2.87. The van der Waals surface area contributed by atoms with Crippen molar-refractivity contribution in [3.05, 3.63) is 106 Å². The van der Waals surface area contributed by atoms with E-state index < -0.39 is 12.1 Å². The lowest BCUT2D eigenvalue weighted by Crippen LogP contribution is -2.25. The van der Waals surface area contributed by atoms with E-state index in [0.29, 0.717) is 40.3 Å². The van der Waals surface area contributed by atoms with Gasteiger partial charge in [-0.1, -0.05) is 72.4 Å². The third kappa shape index (κ3) is 5.32. The highest BCUT2D eigenvalue weighted by molar-refractivity contribution is 7.99. The predicted octanol–water partition coefficient (Wildman–Crippen LogP) is 4.25. The fourth-order valence-electron chi connectivity index (χ4n) is 3.56. The van der Waals surface area contributed by atoms with Gasteiger partial charge in [0, 0.05) is 12.3 Å². The number of aryl methyl sites for hydroxylation is 1. The van der Waals surface area contributed by atoms with Crippen LogP contribution in [0.5, 0.6) is 0 Å². The normalized spacial score (nSPS) is 11.9. The van der Waals surface area contributed by atoms with Gasteiger partial charge in [-0.05, 0) is 35.7 Å². The van der Waals surface area contributed by atoms with Gasteiger partial charge in [0.15, 0.2) is 5.16 Å². The van der Waals surface area contributed by atoms with Crippen molar-refractivity contribution in [1.82, 2.24) is 9.55 Å². The van der Waals surface area contributed by atoms with Gasteiger partial charge < -0.3 is 9.84 Å². The number of benzene rings is 3. The van der Waals surface area contributed by atoms with Gasteiger partial charge in [0.05, 0.1) is 29.7 Å². The van der Waals surface area contributed by atoms with Crippen LogP contribution in [0, 0.1) is 0 Å². The van der Waals surface area contributed by atoms with Gasteiger partial charge in [-0.15, -0.1) is 0 Å². The monoisotopic (exact) mass is 460 g/mol. The molecule has 0 aliphatic rings. The summed E-state index contributed by atoms with van der Waals surface area (Å²) in [7, 11) is 1.31.